The molecule has 3 N–H and O–H groups in total. The summed E-state index contributed by atoms with van der Waals surface area (Å²) in [5.41, 5.74) is 2.77. The average Bonchev–Trinajstić information content (AvgIpc) is 3.60. The van der Waals surface area contributed by atoms with E-state index in [0.717, 1.165) is 12.8 Å². The Kier molecular flexibility index (Phi) is 8.58. The van der Waals surface area contributed by atoms with Crippen LogP contribution < -0.4 is 20.9 Å². The predicted molar refractivity (Wildman–Crippen MR) is 143 cm³/mol. The maximum atomic E-state index is 12.7. The Morgan fingerprint density at radius 1 is 1.10 bits per heavy atom. The molecule has 1 aliphatic carbocycles. The zero-order valence-corrected chi connectivity index (χ0v) is 23.0. The van der Waals surface area contributed by atoms with Crippen LogP contribution in [-0.4, -0.2) is 68.1 Å². The smallest absolute Gasteiger partial charge is 0.328 e. The van der Waals surface area contributed by atoms with Crippen molar-refractivity contribution in [2.45, 2.75) is 58.7 Å². The highest BCUT2D eigenvalue weighted by molar-refractivity contribution is 6.00. The lowest BCUT2D eigenvalue weighted by Crippen LogP contribution is -2.29. The molecule has 1 fully saturated rings. The molecule has 1 aliphatic rings. The van der Waals surface area contributed by atoms with E-state index >= 15 is 0 Å². The first-order valence-corrected chi connectivity index (χ1v) is 12.7. The first-order valence-electron chi connectivity index (χ1n) is 12.7. The molecule has 0 radical (unpaired) electrons. The number of hydrogen-bond acceptors (Lipinski definition) is 11. The van der Waals surface area contributed by atoms with Gasteiger partial charge in [-0.25, -0.2) is 15.1 Å². The van der Waals surface area contributed by atoms with E-state index in [-0.39, 0.29) is 36.3 Å². The highest BCUT2D eigenvalue weighted by Crippen LogP contribution is 2.37. The monoisotopic (exact) mass is 552 g/mol. The van der Waals surface area contributed by atoms with Gasteiger partial charge in [0.05, 0.1) is 30.7 Å². The van der Waals surface area contributed by atoms with Gasteiger partial charge >= 0.3 is 5.97 Å². The van der Waals surface area contributed by atoms with Crippen molar-refractivity contribution >= 4 is 29.2 Å². The molecule has 0 bridgehead atoms. The van der Waals surface area contributed by atoms with Gasteiger partial charge in [-0.1, -0.05) is 6.07 Å². The van der Waals surface area contributed by atoms with E-state index in [1.165, 1.54) is 24.2 Å². The molecule has 2 heterocycles. The van der Waals surface area contributed by atoms with Gasteiger partial charge in [-0.2, -0.15) is 5.10 Å². The normalized spacial score (nSPS) is 12.9. The van der Waals surface area contributed by atoms with E-state index in [1.807, 2.05) is 0 Å². The molecule has 0 spiro atoms. The maximum Gasteiger partial charge on any atom is 0.328 e. The number of benzene rings is 1. The number of rotatable bonds is 11. The number of ether oxygens (including phenoxy) is 2. The van der Waals surface area contributed by atoms with E-state index in [2.05, 4.69) is 36.4 Å². The summed E-state index contributed by atoms with van der Waals surface area (Å²) in [6.45, 7) is 7.20. The van der Waals surface area contributed by atoms with Gasteiger partial charge in [-0.3, -0.25) is 19.2 Å². The Hall–Kier alpha value is -4.59. The number of para-hydroxylation sites is 1. The second-order valence-electron chi connectivity index (χ2n) is 9.97. The number of aromatic nitrogens is 5. The minimum absolute atomic E-state index is 0.0417. The number of anilines is 2. The molecular weight excluding hydrogens is 520 g/mol. The summed E-state index contributed by atoms with van der Waals surface area (Å²) in [4.78, 5) is 46.9. The number of esters is 1. The summed E-state index contributed by atoms with van der Waals surface area (Å²) in [6, 6.07) is 6.76. The van der Waals surface area contributed by atoms with Crippen molar-refractivity contribution in [1.82, 2.24) is 35.8 Å². The van der Waals surface area contributed by atoms with Crippen LogP contribution in [0.3, 0.4) is 0 Å². The number of methoxy groups -OCH3 is 1. The number of nitrogens with one attached hydrogen (secondary N) is 3. The minimum atomic E-state index is -0.649. The molecule has 0 aliphatic heterocycles. The maximum absolute atomic E-state index is 12.7. The van der Waals surface area contributed by atoms with Crippen LogP contribution in [0.5, 0.6) is 5.75 Å². The standard InChI is InChI=1S/C26H32N8O6/c1-6-39-33-25(37)21-18(12-19(30-31-21)24(36)28-15-10-11-15)29-17-9-7-8-16(22(17)38-5)23-27-14-34(32-23)13-20(35)40-26(2,3)4/h7-9,12,14-15H,6,10-11,13H2,1-5H3,(H,28,36)(H,29,30)(H,33,37). The Morgan fingerprint density at radius 2 is 1.88 bits per heavy atom. The highest BCUT2D eigenvalue weighted by Gasteiger charge is 2.26. The summed E-state index contributed by atoms with van der Waals surface area (Å²) in [5, 5.41) is 18.3. The van der Waals surface area contributed by atoms with E-state index in [9.17, 15) is 14.4 Å². The number of carbonyl (C=O) groups is 3. The van der Waals surface area contributed by atoms with Crippen molar-refractivity contribution < 1.29 is 28.7 Å². The number of amides is 2. The van der Waals surface area contributed by atoms with Crippen LogP contribution in [0, 0.1) is 0 Å². The molecule has 4 rings (SSSR count). The molecule has 2 amide bonds. The third-order valence-electron chi connectivity index (χ3n) is 5.44. The average molecular weight is 553 g/mol. The summed E-state index contributed by atoms with van der Waals surface area (Å²) in [5.74, 6) is -0.833. The Morgan fingerprint density at radius 3 is 2.55 bits per heavy atom. The van der Waals surface area contributed by atoms with Crippen molar-refractivity contribution in [1.29, 1.82) is 0 Å². The van der Waals surface area contributed by atoms with E-state index < -0.39 is 23.4 Å². The largest absolute Gasteiger partial charge is 0.494 e. The van der Waals surface area contributed by atoms with Crippen molar-refractivity contribution in [2.75, 3.05) is 19.0 Å². The first-order chi connectivity index (χ1) is 19.1. The van der Waals surface area contributed by atoms with Gasteiger partial charge in [0, 0.05) is 6.04 Å². The molecule has 212 valence electrons. The van der Waals surface area contributed by atoms with Crippen molar-refractivity contribution in [2.24, 2.45) is 0 Å². The quantitative estimate of drug-likeness (QED) is 0.236. The third-order valence-corrected chi connectivity index (χ3v) is 5.44. The molecule has 1 aromatic carbocycles. The van der Waals surface area contributed by atoms with Gasteiger partial charge in [0.15, 0.2) is 23.0 Å². The van der Waals surface area contributed by atoms with Crippen LogP contribution >= 0.6 is 0 Å². The minimum Gasteiger partial charge on any atom is -0.494 e. The van der Waals surface area contributed by atoms with Crippen LogP contribution in [0.25, 0.3) is 11.4 Å². The number of nitrogens with zero attached hydrogens (tertiary/aromatic N) is 5. The second-order valence-corrected chi connectivity index (χ2v) is 9.97. The molecule has 40 heavy (non-hydrogen) atoms. The fourth-order valence-electron chi connectivity index (χ4n) is 3.62. The molecule has 0 saturated heterocycles. The van der Waals surface area contributed by atoms with Gasteiger partial charge in [-0.15, -0.1) is 10.2 Å². The Bertz CT molecular complexity index is 1400. The number of carbonyl (C=O) groups excluding carboxylic acids is 3. The lowest BCUT2D eigenvalue weighted by molar-refractivity contribution is -0.155. The molecular formula is C26H32N8O6. The fourth-order valence-corrected chi connectivity index (χ4v) is 3.62. The van der Waals surface area contributed by atoms with E-state index in [1.54, 1.807) is 45.9 Å². The summed E-state index contributed by atoms with van der Waals surface area (Å²) in [7, 11) is 1.48. The van der Waals surface area contributed by atoms with Crippen molar-refractivity contribution in [3.63, 3.8) is 0 Å². The Balaban J connectivity index is 1.63. The van der Waals surface area contributed by atoms with Crippen LogP contribution in [0.4, 0.5) is 11.4 Å². The van der Waals surface area contributed by atoms with Crippen molar-refractivity contribution in [3.05, 3.63) is 42.0 Å². The molecule has 0 atom stereocenters. The van der Waals surface area contributed by atoms with Crippen LogP contribution in [0.15, 0.2) is 30.6 Å². The van der Waals surface area contributed by atoms with E-state index in [4.69, 9.17) is 14.3 Å². The highest BCUT2D eigenvalue weighted by atomic mass is 16.6. The topological polar surface area (TPSA) is 171 Å². The molecule has 14 heteroatoms. The molecule has 3 aromatic rings. The zero-order chi connectivity index (χ0) is 28.9. The third kappa shape index (κ3) is 7.28. The van der Waals surface area contributed by atoms with Crippen LogP contribution in [-0.2, 0) is 20.9 Å². The Labute approximate surface area is 230 Å². The molecule has 2 aromatic heterocycles. The van der Waals surface area contributed by atoms with Gasteiger partial charge < -0.3 is 20.1 Å². The number of hydrogen-bond donors (Lipinski definition) is 3. The summed E-state index contributed by atoms with van der Waals surface area (Å²) >= 11 is 0. The van der Waals surface area contributed by atoms with Crippen LogP contribution in [0.2, 0.25) is 0 Å². The van der Waals surface area contributed by atoms with Crippen molar-refractivity contribution in [3.8, 4) is 17.1 Å². The fraction of sp³-hybridized carbons (Fsp3) is 0.423. The molecule has 0 unspecified atom stereocenters. The van der Waals surface area contributed by atoms with Gasteiger partial charge in [0.25, 0.3) is 11.8 Å². The summed E-state index contributed by atoms with van der Waals surface area (Å²) < 4.78 is 12.4. The molecule has 1 saturated carbocycles. The lowest BCUT2D eigenvalue weighted by Gasteiger charge is -2.19. The SMILES string of the molecule is CCONC(=O)c1nnc(C(=O)NC2CC2)cc1Nc1cccc(-c2ncn(CC(=O)OC(C)(C)C)n2)c1OC. The second kappa shape index (κ2) is 12.1. The van der Waals surface area contributed by atoms with Gasteiger partial charge in [0.2, 0.25) is 0 Å². The lowest BCUT2D eigenvalue weighted by atomic mass is 10.1. The predicted octanol–water partition coefficient (Wildman–Crippen LogP) is 2.40. The van der Waals surface area contributed by atoms with Gasteiger partial charge in [-0.05, 0) is 58.7 Å². The number of hydroxylamine groups is 1. The first kappa shape index (κ1) is 28.4. The molecule has 14 nitrogen and oxygen atoms in total. The van der Waals surface area contributed by atoms with Gasteiger partial charge in [0.1, 0.15) is 18.5 Å². The van der Waals surface area contributed by atoms with Crippen LogP contribution in [0.1, 0.15) is 61.5 Å². The zero-order valence-electron chi connectivity index (χ0n) is 23.0. The summed E-state index contributed by atoms with van der Waals surface area (Å²) in [6.07, 6.45) is 3.24. The van der Waals surface area contributed by atoms with E-state index in [0.29, 0.717) is 22.8 Å².